The summed E-state index contributed by atoms with van der Waals surface area (Å²) in [4.78, 5) is 37.5. The zero-order chi connectivity index (χ0) is 18.9. The van der Waals surface area contributed by atoms with Gasteiger partial charge in [-0.2, -0.15) is 0 Å². The molecule has 7 nitrogen and oxygen atoms in total. The number of benzene rings is 2. The Labute approximate surface area is 150 Å². The van der Waals surface area contributed by atoms with Gasteiger partial charge < -0.3 is 14.8 Å². The molecule has 0 unspecified atom stereocenters. The van der Waals surface area contributed by atoms with Gasteiger partial charge in [-0.3, -0.25) is 14.5 Å². The lowest BCUT2D eigenvalue weighted by molar-refractivity contribution is -0.141. The fourth-order valence-electron chi connectivity index (χ4n) is 3.06. The molecule has 2 aromatic carbocycles. The molecule has 7 heteroatoms. The molecule has 0 radical (unpaired) electrons. The highest BCUT2D eigenvalue weighted by molar-refractivity contribution is 6.07. The van der Waals surface area contributed by atoms with Crippen LogP contribution in [-0.2, 0) is 19.9 Å². The van der Waals surface area contributed by atoms with Crippen LogP contribution in [0.15, 0.2) is 36.4 Å². The minimum Gasteiger partial charge on any atom is -0.497 e. The summed E-state index contributed by atoms with van der Waals surface area (Å²) in [6.07, 6.45) is -0.0384. The number of amides is 3. The molecule has 1 N–H and O–H groups in total. The number of fused-ring (bicyclic) bond motifs is 1. The van der Waals surface area contributed by atoms with Crippen molar-refractivity contribution in [1.29, 1.82) is 0 Å². The predicted molar refractivity (Wildman–Crippen MR) is 94.7 cm³/mol. The van der Waals surface area contributed by atoms with Crippen LogP contribution in [0.3, 0.4) is 0 Å². The molecule has 0 bridgehead atoms. The van der Waals surface area contributed by atoms with E-state index in [1.807, 2.05) is 36.4 Å². The lowest BCUT2D eigenvalue weighted by Gasteiger charge is -2.22. The Morgan fingerprint density at radius 2 is 1.81 bits per heavy atom. The molecular weight excluding hydrogens is 336 g/mol. The standard InChI is InChI=1S/C19H20N2O5/c1-19(17(23)21(18(24)20-19)9-8-16(22)26-3)14-6-4-13-11-15(25-2)7-5-12(13)10-14/h4-7,10-11H,8-9H2,1-3H3,(H,20,24)/t19-/m1/s1. The number of urea groups is 1. The van der Waals surface area contributed by atoms with Crippen molar-refractivity contribution in [2.45, 2.75) is 18.9 Å². The number of nitrogens with one attached hydrogen (secondary N) is 1. The number of ether oxygens (including phenoxy) is 2. The number of methoxy groups -OCH3 is 2. The van der Waals surface area contributed by atoms with Gasteiger partial charge in [0.2, 0.25) is 0 Å². The highest BCUT2D eigenvalue weighted by Crippen LogP contribution is 2.32. The van der Waals surface area contributed by atoms with Crippen LogP contribution < -0.4 is 10.1 Å². The molecule has 0 saturated carbocycles. The first-order valence-electron chi connectivity index (χ1n) is 8.18. The Hall–Kier alpha value is -3.09. The number of hydrogen-bond donors (Lipinski definition) is 1. The van der Waals surface area contributed by atoms with Crippen molar-refractivity contribution in [2.75, 3.05) is 20.8 Å². The molecule has 136 valence electrons. The average molecular weight is 356 g/mol. The number of rotatable bonds is 5. The summed E-state index contributed by atoms with van der Waals surface area (Å²) in [5, 5.41) is 4.63. The Morgan fingerprint density at radius 1 is 1.12 bits per heavy atom. The van der Waals surface area contributed by atoms with Gasteiger partial charge in [0.1, 0.15) is 11.3 Å². The van der Waals surface area contributed by atoms with E-state index in [2.05, 4.69) is 10.1 Å². The largest absolute Gasteiger partial charge is 0.497 e. The average Bonchev–Trinajstić information content (AvgIpc) is 2.88. The van der Waals surface area contributed by atoms with Crippen molar-refractivity contribution in [3.8, 4) is 5.75 Å². The second-order valence-electron chi connectivity index (χ2n) is 6.27. The van der Waals surface area contributed by atoms with Crippen LogP contribution in [-0.4, -0.2) is 43.6 Å². The summed E-state index contributed by atoms with van der Waals surface area (Å²) in [6.45, 7) is 1.65. The number of carbonyl (C=O) groups excluding carboxylic acids is 3. The molecule has 1 aliphatic rings. The third kappa shape index (κ3) is 2.96. The third-order valence-electron chi connectivity index (χ3n) is 4.67. The maximum absolute atomic E-state index is 12.8. The molecule has 1 heterocycles. The molecule has 0 aromatic heterocycles. The molecule has 0 aliphatic carbocycles. The molecule has 1 aliphatic heterocycles. The zero-order valence-electron chi connectivity index (χ0n) is 14.9. The van der Waals surface area contributed by atoms with Crippen LogP contribution in [0.1, 0.15) is 18.9 Å². The van der Waals surface area contributed by atoms with E-state index in [4.69, 9.17) is 4.74 Å². The van der Waals surface area contributed by atoms with Gasteiger partial charge in [0.25, 0.3) is 5.91 Å². The van der Waals surface area contributed by atoms with Gasteiger partial charge in [0, 0.05) is 6.54 Å². The summed E-state index contributed by atoms with van der Waals surface area (Å²) in [6, 6.07) is 10.7. The fraction of sp³-hybridized carbons (Fsp3) is 0.316. The van der Waals surface area contributed by atoms with Crippen molar-refractivity contribution in [3.05, 3.63) is 42.0 Å². The molecule has 0 spiro atoms. The lowest BCUT2D eigenvalue weighted by Crippen LogP contribution is -2.41. The van der Waals surface area contributed by atoms with E-state index in [0.717, 1.165) is 21.4 Å². The van der Waals surface area contributed by atoms with Gasteiger partial charge in [-0.05, 0) is 41.5 Å². The SMILES string of the molecule is COC(=O)CCN1C(=O)N[C@](C)(c2ccc3cc(OC)ccc3c2)C1=O. The van der Waals surface area contributed by atoms with E-state index in [1.54, 1.807) is 14.0 Å². The monoisotopic (exact) mass is 356 g/mol. The molecule has 1 fully saturated rings. The molecule has 1 saturated heterocycles. The number of esters is 1. The topological polar surface area (TPSA) is 84.9 Å². The van der Waals surface area contributed by atoms with E-state index in [9.17, 15) is 14.4 Å². The molecular formula is C19H20N2O5. The van der Waals surface area contributed by atoms with Crippen LogP contribution in [0.4, 0.5) is 4.79 Å². The van der Waals surface area contributed by atoms with Crippen LogP contribution in [0.25, 0.3) is 10.8 Å². The molecule has 2 aromatic rings. The van der Waals surface area contributed by atoms with Crippen LogP contribution in [0.2, 0.25) is 0 Å². The quantitative estimate of drug-likeness (QED) is 0.656. The normalized spacial score (nSPS) is 19.6. The Morgan fingerprint density at radius 3 is 2.50 bits per heavy atom. The van der Waals surface area contributed by atoms with Gasteiger partial charge in [0.05, 0.1) is 20.6 Å². The first kappa shape index (κ1) is 17.7. The van der Waals surface area contributed by atoms with Crippen molar-refractivity contribution < 1.29 is 23.9 Å². The highest BCUT2D eigenvalue weighted by atomic mass is 16.5. The Balaban J connectivity index is 1.90. The van der Waals surface area contributed by atoms with Gasteiger partial charge in [0.15, 0.2) is 0 Å². The fourth-order valence-corrected chi connectivity index (χ4v) is 3.06. The minimum absolute atomic E-state index is 0.0162. The van der Waals surface area contributed by atoms with Crippen molar-refractivity contribution >= 4 is 28.7 Å². The van der Waals surface area contributed by atoms with Crippen LogP contribution >= 0.6 is 0 Å². The summed E-state index contributed by atoms with van der Waals surface area (Å²) >= 11 is 0. The second-order valence-corrected chi connectivity index (χ2v) is 6.27. The van der Waals surface area contributed by atoms with Crippen LogP contribution in [0.5, 0.6) is 5.75 Å². The maximum atomic E-state index is 12.8. The Bertz CT molecular complexity index is 895. The first-order chi connectivity index (χ1) is 12.4. The second kappa shape index (κ2) is 6.67. The van der Waals surface area contributed by atoms with Crippen LogP contribution in [0, 0.1) is 0 Å². The van der Waals surface area contributed by atoms with E-state index in [0.29, 0.717) is 5.56 Å². The van der Waals surface area contributed by atoms with E-state index < -0.39 is 17.5 Å². The molecule has 3 rings (SSSR count). The Kier molecular flexibility index (Phi) is 4.54. The molecule has 1 atom stereocenters. The smallest absolute Gasteiger partial charge is 0.325 e. The van der Waals surface area contributed by atoms with Crippen molar-refractivity contribution in [2.24, 2.45) is 0 Å². The summed E-state index contributed by atoms with van der Waals surface area (Å²) in [7, 11) is 2.87. The lowest BCUT2D eigenvalue weighted by atomic mass is 9.90. The summed E-state index contributed by atoms with van der Waals surface area (Å²) in [5.74, 6) is -0.117. The third-order valence-corrected chi connectivity index (χ3v) is 4.67. The number of imide groups is 1. The predicted octanol–water partition coefficient (Wildman–Crippen LogP) is 2.18. The van der Waals surface area contributed by atoms with Crippen molar-refractivity contribution in [1.82, 2.24) is 10.2 Å². The van der Waals surface area contributed by atoms with E-state index in [-0.39, 0.29) is 18.9 Å². The summed E-state index contributed by atoms with van der Waals surface area (Å²) in [5.41, 5.74) is -0.504. The minimum atomic E-state index is -1.18. The highest BCUT2D eigenvalue weighted by Gasteiger charge is 2.48. The van der Waals surface area contributed by atoms with Gasteiger partial charge in [-0.15, -0.1) is 0 Å². The number of hydrogen-bond acceptors (Lipinski definition) is 5. The first-order valence-corrected chi connectivity index (χ1v) is 8.18. The van der Waals surface area contributed by atoms with Gasteiger partial charge in [-0.25, -0.2) is 4.79 Å². The number of carbonyl (C=O) groups is 3. The molecule has 26 heavy (non-hydrogen) atoms. The number of nitrogens with zero attached hydrogens (tertiary/aromatic N) is 1. The van der Waals surface area contributed by atoms with Gasteiger partial charge in [-0.1, -0.05) is 18.2 Å². The van der Waals surface area contributed by atoms with Gasteiger partial charge >= 0.3 is 12.0 Å². The van der Waals surface area contributed by atoms with Crippen molar-refractivity contribution in [3.63, 3.8) is 0 Å². The molecule has 3 amide bonds. The van der Waals surface area contributed by atoms with E-state index in [1.165, 1.54) is 7.11 Å². The maximum Gasteiger partial charge on any atom is 0.325 e. The van der Waals surface area contributed by atoms with E-state index >= 15 is 0 Å². The zero-order valence-corrected chi connectivity index (χ0v) is 14.9. The summed E-state index contributed by atoms with van der Waals surface area (Å²) < 4.78 is 9.78.